The van der Waals surface area contributed by atoms with Gasteiger partial charge in [-0.15, -0.1) is 0 Å². The summed E-state index contributed by atoms with van der Waals surface area (Å²) in [4.78, 5) is 25.3. The van der Waals surface area contributed by atoms with Crippen molar-refractivity contribution >= 4 is 23.1 Å². The highest BCUT2D eigenvalue weighted by Gasteiger charge is 2.45. The van der Waals surface area contributed by atoms with Crippen LogP contribution in [0.3, 0.4) is 0 Å². The average molecular weight is 366 g/mol. The van der Waals surface area contributed by atoms with E-state index in [9.17, 15) is 20.1 Å². The van der Waals surface area contributed by atoms with Gasteiger partial charge in [0.2, 0.25) is 11.9 Å². The number of hydrogen-bond acceptors (Lipinski definition) is 9. The molecular formula is C15H22N6O5. The van der Waals surface area contributed by atoms with E-state index in [0.717, 1.165) is 32.4 Å². The fourth-order valence-electron chi connectivity index (χ4n) is 3.63. The Morgan fingerprint density at radius 2 is 1.92 bits per heavy atom. The molecule has 0 amide bonds. The second-order valence-electron chi connectivity index (χ2n) is 6.68. The summed E-state index contributed by atoms with van der Waals surface area (Å²) in [5.41, 5.74) is 5.44. The number of nitrogens with one attached hydrogen (secondary N) is 1. The Kier molecular flexibility index (Phi) is 4.31. The number of fused-ring (bicyclic) bond motifs is 1. The van der Waals surface area contributed by atoms with Crippen molar-refractivity contribution in [2.24, 2.45) is 0 Å². The highest BCUT2D eigenvalue weighted by Crippen LogP contribution is 2.35. The summed E-state index contributed by atoms with van der Waals surface area (Å²) in [5, 5.41) is 29.9. The Labute approximate surface area is 148 Å². The number of ether oxygens (including phenoxy) is 1. The zero-order chi connectivity index (χ0) is 18.4. The van der Waals surface area contributed by atoms with Gasteiger partial charge in [0.15, 0.2) is 17.4 Å². The Hall–Kier alpha value is -2.21. The predicted octanol–water partition coefficient (Wildman–Crippen LogP) is -1.70. The molecule has 2 aliphatic heterocycles. The zero-order valence-corrected chi connectivity index (χ0v) is 14.1. The van der Waals surface area contributed by atoms with Crippen molar-refractivity contribution in [3.8, 4) is 0 Å². The van der Waals surface area contributed by atoms with E-state index in [1.165, 1.54) is 4.57 Å². The fraction of sp³-hybridized carbons (Fsp3) is 0.667. The number of H-pyrrole nitrogens is 1. The van der Waals surface area contributed by atoms with E-state index in [2.05, 4.69) is 15.0 Å². The van der Waals surface area contributed by atoms with Crippen LogP contribution in [0.4, 0.5) is 11.9 Å². The Morgan fingerprint density at radius 1 is 1.19 bits per heavy atom. The van der Waals surface area contributed by atoms with Crippen LogP contribution < -0.4 is 16.2 Å². The van der Waals surface area contributed by atoms with E-state index in [0.29, 0.717) is 5.95 Å². The Morgan fingerprint density at radius 3 is 2.58 bits per heavy atom. The summed E-state index contributed by atoms with van der Waals surface area (Å²) >= 11 is 0. The number of aliphatic hydroxyl groups is 3. The van der Waals surface area contributed by atoms with Gasteiger partial charge in [0.25, 0.3) is 5.56 Å². The van der Waals surface area contributed by atoms with Crippen LogP contribution in [0.5, 0.6) is 0 Å². The van der Waals surface area contributed by atoms with Crippen LogP contribution in [-0.2, 0) is 4.74 Å². The van der Waals surface area contributed by atoms with Gasteiger partial charge in [-0.05, 0) is 19.3 Å². The molecule has 142 valence electrons. The van der Waals surface area contributed by atoms with Gasteiger partial charge in [-0.3, -0.25) is 14.3 Å². The van der Waals surface area contributed by atoms with Crippen molar-refractivity contribution < 1.29 is 20.1 Å². The highest BCUT2D eigenvalue weighted by atomic mass is 16.6. The van der Waals surface area contributed by atoms with Crippen LogP contribution in [0.1, 0.15) is 25.5 Å². The SMILES string of the molecule is Nc1nc2c(nc(N3CCCCC3)n2[C@@H]2O[C@@H](CO)[C@@H](O)[C@@H]2O)c(=O)[nH]1. The molecule has 4 heterocycles. The Bertz CT molecular complexity index is 860. The summed E-state index contributed by atoms with van der Waals surface area (Å²) < 4.78 is 7.15. The van der Waals surface area contributed by atoms with Gasteiger partial charge >= 0.3 is 0 Å². The third-order valence-corrected chi connectivity index (χ3v) is 4.96. The van der Waals surface area contributed by atoms with E-state index < -0.39 is 36.7 Å². The molecule has 0 radical (unpaired) electrons. The third-order valence-electron chi connectivity index (χ3n) is 4.96. The summed E-state index contributed by atoms with van der Waals surface area (Å²) in [5.74, 6) is 0.346. The molecule has 2 aliphatic rings. The number of rotatable bonds is 3. The number of aliphatic hydroxyl groups excluding tert-OH is 3. The van der Waals surface area contributed by atoms with Gasteiger partial charge in [-0.25, -0.2) is 4.98 Å². The van der Waals surface area contributed by atoms with Crippen LogP contribution in [0.25, 0.3) is 11.2 Å². The first-order valence-electron chi connectivity index (χ1n) is 8.66. The van der Waals surface area contributed by atoms with E-state index in [4.69, 9.17) is 10.5 Å². The van der Waals surface area contributed by atoms with Crippen LogP contribution in [0.15, 0.2) is 4.79 Å². The van der Waals surface area contributed by atoms with Crippen molar-refractivity contribution in [2.45, 2.75) is 43.8 Å². The molecule has 2 aromatic heterocycles. The first kappa shape index (κ1) is 17.2. The molecule has 4 atom stereocenters. The van der Waals surface area contributed by atoms with Crippen molar-refractivity contribution in [3.05, 3.63) is 10.4 Å². The van der Waals surface area contributed by atoms with E-state index >= 15 is 0 Å². The quantitative estimate of drug-likeness (QED) is 0.426. The molecule has 2 fully saturated rings. The molecule has 0 aliphatic carbocycles. The Balaban J connectivity index is 1.89. The number of nitrogens with zero attached hydrogens (tertiary/aromatic N) is 4. The number of hydrogen-bond donors (Lipinski definition) is 5. The van der Waals surface area contributed by atoms with Crippen molar-refractivity contribution in [3.63, 3.8) is 0 Å². The lowest BCUT2D eigenvalue weighted by Gasteiger charge is -2.30. The maximum absolute atomic E-state index is 12.3. The van der Waals surface area contributed by atoms with Crippen molar-refractivity contribution in [1.82, 2.24) is 19.5 Å². The van der Waals surface area contributed by atoms with E-state index in [-0.39, 0.29) is 17.1 Å². The lowest BCUT2D eigenvalue weighted by Crippen LogP contribution is -2.35. The molecule has 0 aromatic carbocycles. The second kappa shape index (κ2) is 6.50. The minimum atomic E-state index is -1.31. The largest absolute Gasteiger partial charge is 0.394 e. The van der Waals surface area contributed by atoms with Crippen LogP contribution in [-0.4, -0.2) is 72.8 Å². The maximum atomic E-state index is 12.3. The summed E-state index contributed by atoms with van der Waals surface area (Å²) in [6, 6.07) is 0. The summed E-state index contributed by atoms with van der Waals surface area (Å²) in [6.45, 7) is 1.04. The van der Waals surface area contributed by atoms with Crippen LogP contribution >= 0.6 is 0 Å². The van der Waals surface area contributed by atoms with Gasteiger partial charge in [-0.1, -0.05) is 0 Å². The molecule has 0 spiro atoms. The van der Waals surface area contributed by atoms with Crippen LogP contribution in [0, 0.1) is 0 Å². The lowest BCUT2D eigenvalue weighted by molar-refractivity contribution is -0.0504. The first-order chi connectivity index (χ1) is 12.5. The van der Waals surface area contributed by atoms with Gasteiger partial charge in [-0.2, -0.15) is 4.98 Å². The summed E-state index contributed by atoms with van der Waals surface area (Å²) in [7, 11) is 0. The number of nitrogens with two attached hydrogens (primary N) is 1. The number of imidazole rings is 1. The van der Waals surface area contributed by atoms with Gasteiger partial charge < -0.3 is 30.7 Å². The van der Waals surface area contributed by atoms with E-state index in [1.807, 2.05) is 4.90 Å². The smallest absolute Gasteiger partial charge is 0.280 e. The normalized spacial score (nSPS) is 29.6. The van der Waals surface area contributed by atoms with Crippen molar-refractivity contribution in [2.75, 3.05) is 30.3 Å². The molecule has 2 aromatic rings. The topological polar surface area (TPSA) is 163 Å². The highest BCUT2D eigenvalue weighted by molar-refractivity contribution is 5.75. The van der Waals surface area contributed by atoms with Gasteiger partial charge in [0.05, 0.1) is 6.61 Å². The molecule has 2 saturated heterocycles. The monoisotopic (exact) mass is 366 g/mol. The maximum Gasteiger partial charge on any atom is 0.280 e. The molecule has 4 rings (SSSR count). The second-order valence-corrected chi connectivity index (χ2v) is 6.68. The molecule has 26 heavy (non-hydrogen) atoms. The molecule has 0 unspecified atom stereocenters. The lowest BCUT2D eigenvalue weighted by atomic mass is 10.1. The number of anilines is 2. The molecule has 0 saturated carbocycles. The molecular weight excluding hydrogens is 344 g/mol. The number of aromatic nitrogens is 4. The van der Waals surface area contributed by atoms with Crippen LogP contribution in [0.2, 0.25) is 0 Å². The molecule has 0 bridgehead atoms. The fourth-order valence-corrected chi connectivity index (χ4v) is 3.63. The first-order valence-corrected chi connectivity index (χ1v) is 8.66. The summed E-state index contributed by atoms with van der Waals surface area (Å²) in [6.07, 6.45) is -1.50. The van der Waals surface area contributed by atoms with Gasteiger partial charge in [0, 0.05) is 13.1 Å². The standard InChI is InChI=1S/C15H22N6O5/c16-14-18-11-8(12(25)19-14)17-15(20-4-2-1-3-5-20)21(11)13-10(24)9(23)7(6-22)26-13/h7,9-10,13,22-24H,1-6H2,(H3,16,18,19,25)/t7-,9+,10-,13+/m0/s1. The minimum absolute atomic E-state index is 0.0810. The van der Waals surface area contributed by atoms with Gasteiger partial charge in [0.1, 0.15) is 18.3 Å². The molecule has 11 heteroatoms. The zero-order valence-electron chi connectivity index (χ0n) is 14.1. The predicted molar refractivity (Wildman–Crippen MR) is 91.6 cm³/mol. The molecule has 6 N–H and O–H groups in total. The number of piperidine rings is 1. The van der Waals surface area contributed by atoms with E-state index in [1.54, 1.807) is 0 Å². The number of aromatic amines is 1. The molecule has 11 nitrogen and oxygen atoms in total. The van der Waals surface area contributed by atoms with Crippen molar-refractivity contribution in [1.29, 1.82) is 0 Å². The average Bonchev–Trinajstić information content (AvgIpc) is 3.14. The third kappa shape index (κ3) is 2.63. The number of nitrogen functional groups attached to an aromatic ring is 1. The minimum Gasteiger partial charge on any atom is -0.394 e.